The van der Waals surface area contributed by atoms with E-state index in [1.54, 1.807) is 14.2 Å². The van der Waals surface area contributed by atoms with E-state index in [-0.39, 0.29) is 12.3 Å². The van der Waals surface area contributed by atoms with E-state index in [9.17, 15) is 4.79 Å². The van der Waals surface area contributed by atoms with Gasteiger partial charge in [-0.3, -0.25) is 4.79 Å². The number of anilines is 2. The molecule has 150 valence electrons. The molecule has 2 aromatic carbocycles. The van der Waals surface area contributed by atoms with Crippen molar-refractivity contribution in [3.63, 3.8) is 0 Å². The molecule has 0 unspecified atom stereocenters. The van der Waals surface area contributed by atoms with Gasteiger partial charge in [-0.15, -0.1) is 0 Å². The Bertz CT molecular complexity index is 830. The van der Waals surface area contributed by atoms with Crippen LogP contribution >= 0.6 is 0 Å². The summed E-state index contributed by atoms with van der Waals surface area (Å²) in [5.41, 5.74) is 3.90. The third-order valence-electron chi connectivity index (χ3n) is 5.05. The van der Waals surface area contributed by atoms with Gasteiger partial charge in [-0.1, -0.05) is 0 Å². The van der Waals surface area contributed by atoms with Crippen molar-refractivity contribution in [1.82, 2.24) is 4.90 Å². The molecule has 1 aliphatic heterocycles. The van der Waals surface area contributed by atoms with E-state index in [1.807, 2.05) is 24.3 Å². The number of hydrogen-bond donors (Lipinski definition) is 1. The standard InChI is InChI=1S/C22H29N3O3/c1-16-11-18(15-19(12-16)25-9-7-24(2)8-10-25)23-22(26)14-17-13-20(27-3)5-6-21(17)28-4/h5-6,11-13,15H,7-10,14H2,1-4H3,(H,23,26). The van der Waals surface area contributed by atoms with Crippen molar-refractivity contribution >= 4 is 17.3 Å². The van der Waals surface area contributed by atoms with Crippen molar-refractivity contribution in [2.45, 2.75) is 13.3 Å². The molecular formula is C22H29N3O3. The second kappa shape index (κ2) is 8.97. The SMILES string of the molecule is COc1ccc(OC)c(CC(=O)Nc2cc(C)cc(N3CCN(C)CC3)c2)c1. The van der Waals surface area contributed by atoms with E-state index in [0.29, 0.717) is 11.5 Å². The molecule has 0 saturated carbocycles. The number of likely N-dealkylation sites (N-methyl/N-ethyl adjacent to an activating group) is 1. The molecule has 1 saturated heterocycles. The average Bonchev–Trinajstić information content (AvgIpc) is 2.67. The Labute approximate surface area is 167 Å². The van der Waals surface area contributed by atoms with Gasteiger partial charge in [0.05, 0.1) is 20.6 Å². The highest BCUT2D eigenvalue weighted by Gasteiger charge is 2.16. The molecule has 28 heavy (non-hydrogen) atoms. The van der Waals surface area contributed by atoms with Crippen LogP contribution in [0.1, 0.15) is 11.1 Å². The topological polar surface area (TPSA) is 54.0 Å². The van der Waals surface area contributed by atoms with Crippen LogP contribution in [0.3, 0.4) is 0 Å². The molecule has 2 aromatic rings. The molecular weight excluding hydrogens is 354 g/mol. The summed E-state index contributed by atoms with van der Waals surface area (Å²) in [5.74, 6) is 1.30. The Balaban J connectivity index is 1.72. The van der Waals surface area contributed by atoms with Gasteiger partial charge in [0.1, 0.15) is 11.5 Å². The molecule has 0 aromatic heterocycles. The summed E-state index contributed by atoms with van der Waals surface area (Å²) in [6.45, 7) is 6.14. The molecule has 1 N–H and O–H groups in total. The van der Waals surface area contributed by atoms with Crippen LogP contribution in [0.2, 0.25) is 0 Å². The van der Waals surface area contributed by atoms with Crippen molar-refractivity contribution < 1.29 is 14.3 Å². The maximum Gasteiger partial charge on any atom is 0.228 e. The van der Waals surface area contributed by atoms with Crippen LogP contribution in [0, 0.1) is 6.92 Å². The minimum Gasteiger partial charge on any atom is -0.497 e. The van der Waals surface area contributed by atoms with E-state index in [2.05, 4.69) is 41.2 Å². The smallest absolute Gasteiger partial charge is 0.228 e. The second-order valence-electron chi connectivity index (χ2n) is 7.25. The number of aryl methyl sites for hydroxylation is 1. The number of methoxy groups -OCH3 is 2. The number of carbonyl (C=O) groups is 1. The number of amides is 1. The highest BCUT2D eigenvalue weighted by molar-refractivity contribution is 5.93. The van der Waals surface area contributed by atoms with Crippen molar-refractivity contribution in [2.24, 2.45) is 0 Å². The quantitative estimate of drug-likeness (QED) is 0.831. The number of carbonyl (C=O) groups excluding carboxylic acids is 1. The van der Waals surface area contributed by atoms with Crippen molar-refractivity contribution in [3.8, 4) is 11.5 Å². The number of hydrogen-bond acceptors (Lipinski definition) is 5. The van der Waals surface area contributed by atoms with E-state index in [1.165, 1.54) is 0 Å². The normalized spacial score (nSPS) is 14.6. The molecule has 6 nitrogen and oxygen atoms in total. The van der Waals surface area contributed by atoms with Gasteiger partial charge in [-0.2, -0.15) is 0 Å². The Morgan fingerprint density at radius 2 is 1.79 bits per heavy atom. The molecule has 0 spiro atoms. The van der Waals surface area contributed by atoms with Crippen molar-refractivity contribution in [3.05, 3.63) is 47.5 Å². The number of piperazine rings is 1. The minimum absolute atomic E-state index is 0.0820. The lowest BCUT2D eigenvalue weighted by atomic mass is 10.1. The van der Waals surface area contributed by atoms with E-state index < -0.39 is 0 Å². The fourth-order valence-electron chi connectivity index (χ4n) is 3.48. The molecule has 6 heteroatoms. The fraction of sp³-hybridized carbons (Fsp3) is 0.409. The summed E-state index contributed by atoms with van der Waals surface area (Å²) < 4.78 is 10.6. The molecule has 0 radical (unpaired) electrons. The fourth-order valence-corrected chi connectivity index (χ4v) is 3.48. The Kier molecular flexibility index (Phi) is 6.41. The molecule has 1 fully saturated rings. The maximum absolute atomic E-state index is 12.7. The first kappa shape index (κ1) is 20.0. The first-order chi connectivity index (χ1) is 13.5. The maximum atomic E-state index is 12.7. The third kappa shape index (κ3) is 4.95. The number of benzene rings is 2. The summed E-state index contributed by atoms with van der Waals surface area (Å²) in [7, 11) is 5.36. The van der Waals surface area contributed by atoms with E-state index in [4.69, 9.17) is 9.47 Å². The molecule has 0 bridgehead atoms. The largest absolute Gasteiger partial charge is 0.497 e. The molecule has 0 atom stereocenters. The molecule has 1 heterocycles. The van der Waals surface area contributed by atoms with Gasteiger partial charge in [-0.05, 0) is 55.9 Å². The highest BCUT2D eigenvalue weighted by atomic mass is 16.5. The first-order valence-electron chi connectivity index (χ1n) is 9.54. The zero-order valence-electron chi connectivity index (χ0n) is 17.1. The van der Waals surface area contributed by atoms with Gasteiger partial charge in [0, 0.05) is 43.1 Å². The Morgan fingerprint density at radius 1 is 1.04 bits per heavy atom. The van der Waals surface area contributed by atoms with Gasteiger partial charge >= 0.3 is 0 Å². The summed E-state index contributed by atoms with van der Waals surface area (Å²) in [4.78, 5) is 17.4. The summed E-state index contributed by atoms with van der Waals surface area (Å²) >= 11 is 0. The number of ether oxygens (including phenoxy) is 2. The van der Waals surface area contributed by atoms with Crippen LogP contribution < -0.4 is 19.7 Å². The zero-order chi connectivity index (χ0) is 20.1. The van der Waals surface area contributed by atoms with Crippen LogP contribution in [-0.4, -0.2) is 58.3 Å². The summed E-state index contributed by atoms with van der Waals surface area (Å²) in [6.07, 6.45) is 0.220. The summed E-state index contributed by atoms with van der Waals surface area (Å²) in [5, 5.41) is 3.04. The lowest BCUT2D eigenvalue weighted by molar-refractivity contribution is -0.115. The zero-order valence-corrected chi connectivity index (χ0v) is 17.1. The monoisotopic (exact) mass is 383 g/mol. The van der Waals surface area contributed by atoms with Crippen molar-refractivity contribution in [1.29, 1.82) is 0 Å². The van der Waals surface area contributed by atoms with Crippen LogP contribution in [0.15, 0.2) is 36.4 Å². The van der Waals surface area contributed by atoms with Gasteiger partial charge < -0.3 is 24.6 Å². The third-order valence-corrected chi connectivity index (χ3v) is 5.05. The average molecular weight is 383 g/mol. The second-order valence-corrected chi connectivity index (χ2v) is 7.25. The van der Waals surface area contributed by atoms with Crippen LogP contribution in [-0.2, 0) is 11.2 Å². The molecule has 1 aliphatic rings. The molecule has 3 rings (SSSR count). The van der Waals surface area contributed by atoms with Gasteiger partial charge in [0.2, 0.25) is 5.91 Å². The number of nitrogens with zero attached hydrogens (tertiary/aromatic N) is 2. The van der Waals surface area contributed by atoms with Gasteiger partial charge in [-0.25, -0.2) is 0 Å². The highest BCUT2D eigenvalue weighted by Crippen LogP contribution is 2.26. The lowest BCUT2D eigenvalue weighted by Crippen LogP contribution is -2.44. The predicted octanol–water partition coefficient (Wildman–Crippen LogP) is 2.95. The minimum atomic E-state index is -0.0820. The van der Waals surface area contributed by atoms with Crippen molar-refractivity contribution in [2.75, 3.05) is 57.7 Å². The van der Waals surface area contributed by atoms with E-state index >= 15 is 0 Å². The van der Waals surface area contributed by atoms with Crippen LogP contribution in [0.4, 0.5) is 11.4 Å². The van der Waals surface area contributed by atoms with Gasteiger partial charge in [0.15, 0.2) is 0 Å². The van der Waals surface area contributed by atoms with Crippen LogP contribution in [0.5, 0.6) is 11.5 Å². The van der Waals surface area contributed by atoms with E-state index in [0.717, 1.165) is 48.7 Å². The number of rotatable bonds is 6. The summed E-state index contributed by atoms with van der Waals surface area (Å²) in [6, 6.07) is 11.7. The van der Waals surface area contributed by atoms with Crippen LogP contribution in [0.25, 0.3) is 0 Å². The predicted molar refractivity (Wildman–Crippen MR) is 113 cm³/mol. The molecule has 1 amide bonds. The Hall–Kier alpha value is -2.73. The number of nitrogens with one attached hydrogen (secondary N) is 1. The molecule has 0 aliphatic carbocycles. The Morgan fingerprint density at radius 3 is 2.46 bits per heavy atom. The first-order valence-corrected chi connectivity index (χ1v) is 9.54. The lowest BCUT2D eigenvalue weighted by Gasteiger charge is -2.34. The van der Waals surface area contributed by atoms with Gasteiger partial charge in [0.25, 0.3) is 0 Å².